The molecule has 2 amide bonds. The van der Waals surface area contributed by atoms with Crippen molar-refractivity contribution in [2.45, 2.75) is 52.3 Å². The van der Waals surface area contributed by atoms with Gasteiger partial charge in [0.05, 0.1) is 12.2 Å². The summed E-state index contributed by atoms with van der Waals surface area (Å²) in [4.78, 5) is 28.5. The van der Waals surface area contributed by atoms with Gasteiger partial charge in [-0.3, -0.25) is 14.7 Å². The summed E-state index contributed by atoms with van der Waals surface area (Å²) >= 11 is 0. The molecule has 2 aliphatic carbocycles. The monoisotopic (exact) mass is 462 g/mol. The van der Waals surface area contributed by atoms with Crippen molar-refractivity contribution >= 4 is 11.8 Å². The first-order valence-corrected chi connectivity index (χ1v) is 11.6. The van der Waals surface area contributed by atoms with Gasteiger partial charge in [-0.15, -0.1) is 0 Å². The Balaban J connectivity index is 1.27. The van der Waals surface area contributed by atoms with E-state index in [1.54, 1.807) is 11.8 Å². The summed E-state index contributed by atoms with van der Waals surface area (Å²) in [6.07, 6.45) is 2.68. The molecule has 9 heteroatoms. The minimum absolute atomic E-state index is 0.00396. The first kappa shape index (κ1) is 22.2. The molecule has 0 aromatic carbocycles. The average Bonchev–Trinajstić information content (AvgIpc) is 3.45. The lowest BCUT2D eigenvalue weighted by Crippen LogP contribution is -2.38. The number of alkyl halides is 3. The van der Waals surface area contributed by atoms with Gasteiger partial charge in [0, 0.05) is 43.1 Å². The van der Waals surface area contributed by atoms with Crippen molar-refractivity contribution in [3.05, 3.63) is 40.8 Å². The zero-order chi connectivity index (χ0) is 23.5. The highest BCUT2D eigenvalue weighted by molar-refractivity contribution is 5.94. The van der Waals surface area contributed by atoms with Gasteiger partial charge in [-0.2, -0.15) is 18.3 Å². The van der Waals surface area contributed by atoms with E-state index in [-0.39, 0.29) is 29.6 Å². The van der Waals surface area contributed by atoms with Crippen LogP contribution in [-0.4, -0.2) is 57.6 Å². The average molecular weight is 463 g/mol. The van der Waals surface area contributed by atoms with Crippen molar-refractivity contribution in [2.24, 2.45) is 23.2 Å². The maximum atomic E-state index is 13.7. The first-order chi connectivity index (χ1) is 15.6. The third kappa shape index (κ3) is 3.69. The van der Waals surface area contributed by atoms with Crippen LogP contribution in [0.1, 0.15) is 54.9 Å². The van der Waals surface area contributed by atoms with Crippen LogP contribution in [0.5, 0.6) is 0 Å². The number of nitrogens with zero attached hydrogens (tertiary/aromatic N) is 3. The van der Waals surface area contributed by atoms with Crippen molar-refractivity contribution in [3.8, 4) is 0 Å². The molecule has 4 atom stereocenters. The molecule has 5 rings (SSSR count). The number of carbonyl (C=O) groups is 2. The summed E-state index contributed by atoms with van der Waals surface area (Å²) in [5, 5.41) is 7.20. The number of hydrogen-bond donors (Lipinski definition) is 1. The van der Waals surface area contributed by atoms with Crippen molar-refractivity contribution in [1.29, 1.82) is 0 Å². The summed E-state index contributed by atoms with van der Waals surface area (Å²) in [6.45, 7) is 5.42. The van der Waals surface area contributed by atoms with Gasteiger partial charge in [0.25, 0.3) is 5.91 Å². The molecule has 0 unspecified atom stereocenters. The van der Waals surface area contributed by atoms with E-state index in [0.29, 0.717) is 57.6 Å². The summed E-state index contributed by atoms with van der Waals surface area (Å²) < 4.78 is 41.2. The molecule has 1 saturated carbocycles. The molecule has 6 nitrogen and oxygen atoms in total. The van der Waals surface area contributed by atoms with E-state index in [2.05, 4.69) is 10.2 Å². The van der Waals surface area contributed by atoms with Gasteiger partial charge in [-0.25, -0.2) is 0 Å². The number of allylic oxidation sites excluding steroid dienone is 4. The molecule has 1 N–H and O–H groups in total. The Morgan fingerprint density at radius 2 is 1.88 bits per heavy atom. The van der Waals surface area contributed by atoms with Crippen LogP contribution in [-0.2, 0) is 17.8 Å². The fourth-order valence-corrected chi connectivity index (χ4v) is 6.48. The van der Waals surface area contributed by atoms with Crippen LogP contribution in [0.15, 0.2) is 23.8 Å². The predicted molar refractivity (Wildman–Crippen MR) is 115 cm³/mol. The summed E-state index contributed by atoms with van der Waals surface area (Å²) in [6, 6.07) is 0. The number of H-pyrrole nitrogens is 1. The SMILES string of the molecule is CC(=O)N1CCc2c(C(=O)N3C[C@H]4C[C@@H]([C@]5(C)CC=CC=C5C(F)(F)F)C[C@H]4C3)n[nH]c2C1. The Bertz CT molecular complexity index is 1030. The Labute approximate surface area is 190 Å². The Morgan fingerprint density at radius 1 is 1.18 bits per heavy atom. The fourth-order valence-electron chi connectivity index (χ4n) is 6.48. The molecule has 1 aromatic heterocycles. The third-order valence-corrected chi connectivity index (χ3v) is 8.38. The van der Waals surface area contributed by atoms with Crippen LogP contribution >= 0.6 is 0 Å². The standard InChI is InChI=1S/C24H29F3N4O2/c1-14(32)30-8-6-18-19(13-30)28-29-21(18)22(33)31-11-15-9-17(10-16(15)12-31)23(2)7-4-3-5-20(23)24(25,26)27/h3-5,15-17H,6-13H2,1-2H3,(H,28,29)/t15-,16+,17-,23-/m0/s1. The van der Waals surface area contributed by atoms with Crippen LogP contribution in [0.4, 0.5) is 13.2 Å². The second kappa shape index (κ2) is 7.74. The maximum Gasteiger partial charge on any atom is 0.413 e. The van der Waals surface area contributed by atoms with Crippen LogP contribution < -0.4 is 0 Å². The molecule has 0 bridgehead atoms. The van der Waals surface area contributed by atoms with Crippen molar-refractivity contribution in [3.63, 3.8) is 0 Å². The van der Waals surface area contributed by atoms with Gasteiger partial charge in [0.15, 0.2) is 5.69 Å². The van der Waals surface area contributed by atoms with Gasteiger partial charge >= 0.3 is 6.18 Å². The number of hydrogen-bond acceptors (Lipinski definition) is 3. The number of nitrogens with one attached hydrogen (secondary N) is 1. The highest BCUT2D eigenvalue weighted by Crippen LogP contribution is 2.56. The van der Waals surface area contributed by atoms with E-state index in [4.69, 9.17) is 0 Å². The van der Waals surface area contributed by atoms with E-state index in [1.165, 1.54) is 19.1 Å². The lowest BCUT2D eigenvalue weighted by molar-refractivity contribution is -0.129. The molecule has 1 aromatic rings. The van der Waals surface area contributed by atoms with Crippen LogP contribution in [0, 0.1) is 23.2 Å². The highest BCUT2D eigenvalue weighted by Gasteiger charge is 2.54. The maximum absolute atomic E-state index is 13.7. The van der Waals surface area contributed by atoms with E-state index in [1.807, 2.05) is 11.0 Å². The number of aromatic nitrogens is 2. The van der Waals surface area contributed by atoms with E-state index in [0.717, 1.165) is 11.3 Å². The van der Waals surface area contributed by atoms with Crippen molar-refractivity contribution < 1.29 is 22.8 Å². The largest absolute Gasteiger partial charge is 0.413 e. The second-order valence-electron chi connectivity index (χ2n) is 10.2. The van der Waals surface area contributed by atoms with Crippen LogP contribution in [0.25, 0.3) is 0 Å². The van der Waals surface area contributed by atoms with Gasteiger partial charge in [-0.05, 0) is 43.4 Å². The van der Waals surface area contributed by atoms with E-state index in [9.17, 15) is 22.8 Å². The minimum Gasteiger partial charge on any atom is -0.337 e. The van der Waals surface area contributed by atoms with Gasteiger partial charge in [0.1, 0.15) is 0 Å². The molecule has 3 heterocycles. The lowest BCUT2D eigenvalue weighted by atomic mass is 9.66. The molecule has 4 aliphatic rings. The Hall–Kier alpha value is -2.58. The number of halogens is 3. The third-order valence-electron chi connectivity index (χ3n) is 8.38. The molecule has 2 fully saturated rings. The number of rotatable bonds is 2. The Kier molecular flexibility index (Phi) is 5.21. The number of carbonyl (C=O) groups excluding carboxylic acids is 2. The number of fused-ring (bicyclic) bond motifs is 2. The lowest BCUT2D eigenvalue weighted by Gasteiger charge is -2.40. The molecule has 0 radical (unpaired) electrons. The highest BCUT2D eigenvalue weighted by atomic mass is 19.4. The van der Waals surface area contributed by atoms with Gasteiger partial charge in [0.2, 0.25) is 5.91 Å². The van der Waals surface area contributed by atoms with Crippen molar-refractivity contribution in [2.75, 3.05) is 19.6 Å². The summed E-state index contributed by atoms with van der Waals surface area (Å²) in [7, 11) is 0. The van der Waals surface area contributed by atoms with Crippen LogP contribution in [0.2, 0.25) is 0 Å². The molecular formula is C24H29F3N4O2. The quantitative estimate of drug-likeness (QED) is 0.726. The zero-order valence-electron chi connectivity index (χ0n) is 18.9. The van der Waals surface area contributed by atoms with Crippen LogP contribution in [0.3, 0.4) is 0 Å². The smallest absolute Gasteiger partial charge is 0.337 e. The number of amides is 2. The molecule has 178 valence electrons. The summed E-state index contributed by atoms with van der Waals surface area (Å²) in [5.41, 5.74) is 0.795. The van der Waals surface area contributed by atoms with Crippen molar-refractivity contribution in [1.82, 2.24) is 20.0 Å². The first-order valence-electron chi connectivity index (χ1n) is 11.6. The minimum atomic E-state index is -4.32. The molecular weight excluding hydrogens is 433 g/mol. The normalized spacial score (nSPS) is 31.4. The number of aromatic amines is 1. The Morgan fingerprint density at radius 3 is 2.52 bits per heavy atom. The van der Waals surface area contributed by atoms with E-state index >= 15 is 0 Å². The fraction of sp³-hybridized carbons (Fsp3) is 0.625. The topological polar surface area (TPSA) is 69.3 Å². The van der Waals surface area contributed by atoms with E-state index < -0.39 is 17.2 Å². The molecule has 2 aliphatic heterocycles. The summed E-state index contributed by atoms with van der Waals surface area (Å²) in [5.74, 6) is 0.282. The van der Waals surface area contributed by atoms with Gasteiger partial charge < -0.3 is 9.80 Å². The zero-order valence-corrected chi connectivity index (χ0v) is 18.9. The second-order valence-corrected chi connectivity index (χ2v) is 10.2. The predicted octanol–water partition coefficient (Wildman–Crippen LogP) is 3.87. The molecule has 1 saturated heterocycles. The molecule has 0 spiro atoms. The number of likely N-dealkylation sites (tertiary alicyclic amines) is 1. The molecule has 33 heavy (non-hydrogen) atoms. The van der Waals surface area contributed by atoms with Gasteiger partial charge in [-0.1, -0.05) is 25.2 Å².